The van der Waals surface area contributed by atoms with E-state index in [1.165, 1.54) is 6.07 Å². The Balaban J connectivity index is 1.84. The minimum Gasteiger partial charge on any atom is -0.371 e. The summed E-state index contributed by atoms with van der Waals surface area (Å²) in [5.41, 5.74) is 5.76. The van der Waals surface area contributed by atoms with Gasteiger partial charge in [-0.05, 0) is 42.9 Å². The van der Waals surface area contributed by atoms with Crippen molar-refractivity contribution in [3.05, 3.63) is 29.8 Å². The third-order valence-electron chi connectivity index (χ3n) is 4.36. The molecule has 4 N–H and O–H groups in total. The van der Waals surface area contributed by atoms with Gasteiger partial charge in [0.2, 0.25) is 5.91 Å². The molecular weight excluding hydrogens is 362 g/mol. The number of nitrogens with zero attached hydrogens (tertiary/aromatic N) is 1. The summed E-state index contributed by atoms with van der Waals surface area (Å²) in [4.78, 5) is 25.3. The van der Waals surface area contributed by atoms with Crippen LogP contribution in [0.3, 0.4) is 0 Å². The summed E-state index contributed by atoms with van der Waals surface area (Å²) in [6.07, 6.45) is 3.25. The fourth-order valence-corrected chi connectivity index (χ4v) is 3.43. The van der Waals surface area contributed by atoms with Crippen LogP contribution in [0, 0.1) is 17.6 Å². The number of urea groups is 1. The minimum atomic E-state index is -0.867. The maximum Gasteiger partial charge on any atom is 0.312 e. The van der Waals surface area contributed by atoms with Crippen LogP contribution in [0.4, 0.5) is 19.3 Å². The monoisotopic (exact) mass is 386 g/mol. The molecule has 3 amide bonds. The van der Waals surface area contributed by atoms with Crippen molar-refractivity contribution in [1.29, 1.82) is 0 Å². The van der Waals surface area contributed by atoms with Crippen molar-refractivity contribution in [2.24, 2.45) is 11.7 Å². The van der Waals surface area contributed by atoms with E-state index in [1.807, 2.05) is 11.2 Å². The predicted molar refractivity (Wildman–Crippen MR) is 99.2 cm³/mol. The molecule has 1 aliphatic rings. The van der Waals surface area contributed by atoms with Gasteiger partial charge in [-0.1, -0.05) is 0 Å². The zero-order valence-electron chi connectivity index (χ0n) is 14.6. The van der Waals surface area contributed by atoms with E-state index in [-0.39, 0.29) is 11.8 Å². The summed E-state index contributed by atoms with van der Waals surface area (Å²) >= 11 is 1.58. The maximum atomic E-state index is 13.4. The molecule has 0 spiro atoms. The Morgan fingerprint density at radius 1 is 1.38 bits per heavy atom. The van der Waals surface area contributed by atoms with Gasteiger partial charge < -0.3 is 21.3 Å². The Morgan fingerprint density at radius 2 is 2.15 bits per heavy atom. The van der Waals surface area contributed by atoms with Crippen LogP contribution in [0.1, 0.15) is 12.8 Å². The van der Waals surface area contributed by atoms with Gasteiger partial charge in [-0.3, -0.25) is 4.79 Å². The largest absolute Gasteiger partial charge is 0.371 e. The van der Waals surface area contributed by atoms with E-state index >= 15 is 0 Å². The molecule has 1 aromatic carbocycles. The molecule has 26 heavy (non-hydrogen) atoms. The van der Waals surface area contributed by atoms with Crippen LogP contribution in [-0.2, 0) is 4.79 Å². The first-order chi connectivity index (χ1) is 12.4. The Hall–Kier alpha value is -2.03. The van der Waals surface area contributed by atoms with E-state index in [9.17, 15) is 18.4 Å². The van der Waals surface area contributed by atoms with E-state index < -0.39 is 23.7 Å². The van der Waals surface area contributed by atoms with Crippen molar-refractivity contribution < 1.29 is 18.4 Å². The Morgan fingerprint density at radius 3 is 2.81 bits per heavy atom. The van der Waals surface area contributed by atoms with Gasteiger partial charge in [0.05, 0.1) is 0 Å². The average molecular weight is 386 g/mol. The number of nitrogens with two attached hydrogens (primary N) is 1. The van der Waals surface area contributed by atoms with Gasteiger partial charge in [0.1, 0.15) is 6.04 Å². The van der Waals surface area contributed by atoms with Gasteiger partial charge in [-0.2, -0.15) is 11.8 Å². The lowest BCUT2D eigenvalue weighted by molar-refractivity contribution is -0.123. The van der Waals surface area contributed by atoms with E-state index in [2.05, 4.69) is 10.6 Å². The van der Waals surface area contributed by atoms with Crippen molar-refractivity contribution in [3.63, 3.8) is 0 Å². The lowest BCUT2D eigenvalue weighted by atomic mass is 10.1. The molecule has 144 valence electrons. The highest BCUT2D eigenvalue weighted by atomic mass is 32.2. The molecule has 2 unspecified atom stereocenters. The molecule has 1 aromatic rings. The first-order valence-electron chi connectivity index (χ1n) is 8.43. The predicted octanol–water partition coefficient (Wildman–Crippen LogP) is 1.70. The topological polar surface area (TPSA) is 87.5 Å². The molecule has 0 bridgehead atoms. The van der Waals surface area contributed by atoms with Gasteiger partial charge in [0.15, 0.2) is 11.6 Å². The van der Waals surface area contributed by atoms with Gasteiger partial charge >= 0.3 is 6.03 Å². The SMILES string of the molecule is CSCCC(NC(N)=O)C(=O)NCC1CCN(c2ccc(F)c(F)c2)C1. The van der Waals surface area contributed by atoms with Gasteiger partial charge in [-0.15, -0.1) is 0 Å². The quantitative estimate of drug-likeness (QED) is 0.635. The van der Waals surface area contributed by atoms with Crippen molar-refractivity contribution in [2.45, 2.75) is 18.9 Å². The summed E-state index contributed by atoms with van der Waals surface area (Å²) in [5, 5.41) is 5.31. The number of nitrogens with one attached hydrogen (secondary N) is 2. The number of hydrogen-bond acceptors (Lipinski definition) is 4. The second-order valence-electron chi connectivity index (χ2n) is 6.29. The first kappa shape index (κ1) is 20.3. The Kier molecular flexibility index (Phi) is 7.50. The number of rotatable bonds is 8. The molecule has 2 atom stereocenters. The lowest BCUT2D eigenvalue weighted by Crippen LogP contribution is -2.49. The first-order valence-corrected chi connectivity index (χ1v) is 9.82. The summed E-state index contributed by atoms with van der Waals surface area (Å²) in [5.74, 6) is -1.07. The van der Waals surface area contributed by atoms with E-state index in [4.69, 9.17) is 5.73 Å². The van der Waals surface area contributed by atoms with Crippen LogP contribution in [0.25, 0.3) is 0 Å². The summed E-state index contributed by atoms with van der Waals surface area (Å²) in [6.45, 7) is 1.81. The van der Waals surface area contributed by atoms with Crippen LogP contribution in [0.5, 0.6) is 0 Å². The standard InChI is InChI=1S/C17H24F2N4O2S/c1-26-7-5-15(22-17(20)25)16(24)21-9-11-4-6-23(10-11)12-2-3-13(18)14(19)8-12/h2-3,8,11,15H,4-7,9-10H2,1H3,(H,21,24)(H3,20,22,25). The second-order valence-corrected chi connectivity index (χ2v) is 7.27. The molecule has 2 rings (SSSR count). The summed E-state index contributed by atoms with van der Waals surface area (Å²) in [7, 11) is 0. The van der Waals surface area contributed by atoms with Crippen molar-refractivity contribution in [1.82, 2.24) is 10.6 Å². The zero-order valence-corrected chi connectivity index (χ0v) is 15.5. The minimum absolute atomic E-state index is 0.196. The van der Waals surface area contributed by atoms with Crippen molar-refractivity contribution in [3.8, 4) is 0 Å². The molecule has 0 radical (unpaired) electrons. The number of anilines is 1. The van der Waals surface area contributed by atoms with Gasteiger partial charge in [-0.25, -0.2) is 13.6 Å². The van der Waals surface area contributed by atoms with E-state index in [1.54, 1.807) is 17.8 Å². The molecule has 0 aliphatic carbocycles. The van der Waals surface area contributed by atoms with Crippen LogP contribution in [0.2, 0.25) is 0 Å². The molecule has 0 aromatic heterocycles. The number of thioether (sulfide) groups is 1. The summed E-state index contributed by atoms with van der Waals surface area (Å²) < 4.78 is 26.4. The number of carbonyl (C=O) groups excluding carboxylic acids is 2. The zero-order chi connectivity index (χ0) is 19.1. The molecule has 9 heteroatoms. The smallest absolute Gasteiger partial charge is 0.312 e. The molecule has 1 fully saturated rings. The number of halogens is 2. The molecule has 1 saturated heterocycles. The van der Waals surface area contributed by atoms with Crippen LogP contribution in [-0.4, -0.2) is 49.6 Å². The van der Waals surface area contributed by atoms with Gasteiger partial charge in [0, 0.05) is 31.4 Å². The van der Waals surface area contributed by atoms with Gasteiger partial charge in [0.25, 0.3) is 0 Å². The fraction of sp³-hybridized carbons (Fsp3) is 0.529. The number of benzene rings is 1. The molecule has 0 saturated carbocycles. The number of hydrogen-bond donors (Lipinski definition) is 3. The van der Waals surface area contributed by atoms with Crippen LogP contribution in [0.15, 0.2) is 18.2 Å². The third-order valence-corrected chi connectivity index (χ3v) is 5.01. The highest BCUT2D eigenvalue weighted by Gasteiger charge is 2.25. The fourth-order valence-electron chi connectivity index (χ4n) is 2.96. The number of carbonyl (C=O) groups is 2. The molecule has 1 heterocycles. The second kappa shape index (κ2) is 9.61. The van der Waals surface area contributed by atoms with E-state index in [0.717, 1.165) is 18.2 Å². The summed E-state index contributed by atoms with van der Waals surface area (Å²) in [6, 6.07) is 2.48. The lowest BCUT2D eigenvalue weighted by Gasteiger charge is -2.20. The van der Waals surface area contributed by atoms with E-state index in [0.29, 0.717) is 31.7 Å². The van der Waals surface area contributed by atoms with Crippen molar-refractivity contribution in [2.75, 3.05) is 36.5 Å². The third kappa shape index (κ3) is 5.76. The van der Waals surface area contributed by atoms with Crippen molar-refractivity contribution >= 4 is 29.4 Å². The highest BCUT2D eigenvalue weighted by molar-refractivity contribution is 7.98. The Labute approximate surface area is 155 Å². The number of primary amides is 1. The molecule has 6 nitrogen and oxygen atoms in total. The molecular formula is C17H24F2N4O2S. The Bertz CT molecular complexity index is 647. The maximum absolute atomic E-state index is 13.4. The highest BCUT2D eigenvalue weighted by Crippen LogP contribution is 2.25. The number of amides is 3. The normalized spacial score (nSPS) is 17.8. The van der Waals surface area contributed by atoms with Crippen LogP contribution >= 0.6 is 11.8 Å². The van der Waals surface area contributed by atoms with Crippen LogP contribution < -0.4 is 21.3 Å². The molecule has 1 aliphatic heterocycles. The average Bonchev–Trinajstić information content (AvgIpc) is 3.07.